The Bertz CT molecular complexity index is 189. The topological polar surface area (TPSA) is 20.3 Å². The molecule has 0 radical (unpaired) electrons. The molecule has 2 heteroatoms. The van der Waals surface area contributed by atoms with Gasteiger partial charge in [-0.3, -0.25) is 4.79 Å². The first-order valence-corrected chi connectivity index (χ1v) is 5.25. The third-order valence-electron chi connectivity index (χ3n) is 3.43. The standard InChI is InChI=1S/C11H21NO/c1-8(2)10-5-6-11(7-10)12(4)9(3)13/h8,10-11H,5-7H2,1-4H3. The molecule has 0 aromatic carbocycles. The van der Waals surface area contributed by atoms with Crippen LogP contribution < -0.4 is 0 Å². The van der Waals surface area contributed by atoms with Gasteiger partial charge >= 0.3 is 0 Å². The van der Waals surface area contributed by atoms with Gasteiger partial charge in [0.25, 0.3) is 0 Å². The minimum Gasteiger partial charge on any atom is -0.343 e. The van der Waals surface area contributed by atoms with Crippen LogP contribution >= 0.6 is 0 Å². The summed E-state index contributed by atoms with van der Waals surface area (Å²) in [5, 5.41) is 0. The van der Waals surface area contributed by atoms with E-state index in [-0.39, 0.29) is 5.91 Å². The summed E-state index contributed by atoms with van der Waals surface area (Å²) in [6.07, 6.45) is 3.69. The lowest BCUT2D eigenvalue weighted by Gasteiger charge is -2.23. The zero-order valence-electron chi connectivity index (χ0n) is 9.21. The van der Waals surface area contributed by atoms with Crippen molar-refractivity contribution in [1.29, 1.82) is 0 Å². The second-order valence-corrected chi connectivity index (χ2v) is 4.60. The van der Waals surface area contributed by atoms with Crippen LogP contribution in [0.4, 0.5) is 0 Å². The molecule has 0 aromatic heterocycles. The molecule has 2 nitrogen and oxygen atoms in total. The van der Waals surface area contributed by atoms with Gasteiger partial charge in [-0.05, 0) is 31.1 Å². The largest absolute Gasteiger partial charge is 0.343 e. The monoisotopic (exact) mass is 183 g/mol. The van der Waals surface area contributed by atoms with E-state index in [0.29, 0.717) is 6.04 Å². The Morgan fingerprint density at radius 3 is 2.38 bits per heavy atom. The smallest absolute Gasteiger partial charge is 0.219 e. The fraction of sp³-hybridized carbons (Fsp3) is 0.909. The number of rotatable bonds is 2. The highest BCUT2D eigenvalue weighted by atomic mass is 16.2. The average Bonchev–Trinajstić information content (AvgIpc) is 2.50. The molecule has 0 N–H and O–H groups in total. The Kier molecular flexibility index (Phi) is 3.34. The summed E-state index contributed by atoms with van der Waals surface area (Å²) in [5.74, 6) is 1.80. The highest BCUT2D eigenvalue weighted by Crippen LogP contribution is 2.33. The van der Waals surface area contributed by atoms with Crippen molar-refractivity contribution in [2.45, 2.75) is 46.1 Å². The van der Waals surface area contributed by atoms with Gasteiger partial charge in [0.15, 0.2) is 0 Å². The maximum Gasteiger partial charge on any atom is 0.219 e. The van der Waals surface area contributed by atoms with Crippen LogP contribution in [-0.4, -0.2) is 23.9 Å². The van der Waals surface area contributed by atoms with E-state index in [9.17, 15) is 4.79 Å². The lowest BCUT2D eigenvalue weighted by molar-refractivity contribution is -0.129. The van der Waals surface area contributed by atoms with Gasteiger partial charge in [0, 0.05) is 20.0 Å². The molecule has 1 rings (SSSR count). The Hall–Kier alpha value is -0.530. The van der Waals surface area contributed by atoms with E-state index < -0.39 is 0 Å². The molecule has 1 fully saturated rings. The summed E-state index contributed by atoms with van der Waals surface area (Å²) in [5.41, 5.74) is 0. The molecule has 1 aliphatic rings. The van der Waals surface area contributed by atoms with Crippen LogP contribution in [-0.2, 0) is 4.79 Å². The van der Waals surface area contributed by atoms with E-state index in [0.717, 1.165) is 11.8 Å². The Balaban J connectivity index is 2.45. The van der Waals surface area contributed by atoms with Crippen molar-refractivity contribution in [2.75, 3.05) is 7.05 Å². The number of nitrogens with zero attached hydrogens (tertiary/aromatic N) is 1. The summed E-state index contributed by atoms with van der Waals surface area (Å²) in [6.45, 7) is 6.21. The maximum atomic E-state index is 11.1. The summed E-state index contributed by atoms with van der Waals surface area (Å²) in [6, 6.07) is 0.505. The van der Waals surface area contributed by atoms with Gasteiger partial charge in [0.1, 0.15) is 0 Å². The van der Waals surface area contributed by atoms with Crippen molar-refractivity contribution in [3.63, 3.8) is 0 Å². The van der Waals surface area contributed by atoms with Crippen molar-refractivity contribution in [1.82, 2.24) is 4.90 Å². The minimum absolute atomic E-state index is 0.203. The Morgan fingerprint density at radius 1 is 1.38 bits per heavy atom. The van der Waals surface area contributed by atoms with E-state index >= 15 is 0 Å². The van der Waals surface area contributed by atoms with Crippen molar-refractivity contribution in [2.24, 2.45) is 11.8 Å². The number of amides is 1. The summed E-state index contributed by atoms with van der Waals surface area (Å²) < 4.78 is 0. The number of carbonyl (C=O) groups is 1. The van der Waals surface area contributed by atoms with E-state index in [4.69, 9.17) is 0 Å². The lowest BCUT2D eigenvalue weighted by Crippen LogP contribution is -2.33. The third kappa shape index (κ3) is 2.45. The third-order valence-corrected chi connectivity index (χ3v) is 3.43. The molecule has 0 heterocycles. The van der Waals surface area contributed by atoms with Gasteiger partial charge in [-0.25, -0.2) is 0 Å². The molecule has 2 atom stereocenters. The maximum absolute atomic E-state index is 11.1. The van der Waals surface area contributed by atoms with Crippen LogP contribution in [0.25, 0.3) is 0 Å². The Labute approximate surface area is 81.3 Å². The van der Waals surface area contributed by atoms with Crippen molar-refractivity contribution in [3.05, 3.63) is 0 Å². The lowest BCUT2D eigenvalue weighted by atomic mass is 9.94. The second-order valence-electron chi connectivity index (χ2n) is 4.60. The van der Waals surface area contributed by atoms with E-state index in [1.54, 1.807) is 6.92 Å². The van der Waals surface area contributed by atoms with Crippen LogP contribution in [0, 0.1) is 11.8 Å². The predicted octanol–water partition coefficient (Wildman–Crippen LogP) is 2.29. The SMILES string of the molecule is CC(=O)N(C)C1CCC(C(C)C)C1. The second kappa shape index (κ2) is 4.12. The van der Waals surface area contributed by atoms with Gasteiger partial charge in [0.2, 0.25) is 5.91 Å². The van der Waals surface area contributed by atoms with Crippen molar-refractivity contribution < 1.29 is 4.79 Å². The Morgan fingerprint density at radius 2 is 2.00 bits per heavy atom. The predicted molar refractivity (Wildman–Crippen MR) is 54.4 cm³/mol. The molecule has 0 bridgehead atoms. The van der Waals surface area contributed by atoms with E-state index in [1.165, 1.54) is 19.3 Å². The first-order chi connectivity index (χ1) is 6.02. The quantitative estimate of drug-likeness (QED) is 0.643. The number of carbonyl (C=O) groups excluding carboxylic acids is 1. The zero-order valence-corrected chi connectivity index (χ0v) is 9.21. The molecule has 0 saturated heterocycles. The minimum atomic E-state index is 0.203. The van der Waals surface area contributed by atoms with Crippen LogP contribution in [0.2, 0.25) is 0 Å². The van der Waals surface area contributed by atoms with Crippen LogP contribution in [0.5, 0.6) is 0 Å². The van der Waals surface area contributed by atoms with Crippen molar-refractivity contribution >= 4 is 5.91 Å². The highest BCUT2D eigenvalue weighted by molar-refractivity contribution is 5.73. The molecule has 13 heavy (non-hydrogen) atoms. The van der Waals surface area contributed by atoms with E-state index in [1.807, 2.05) is 11.9 Å². The van der Waals surface area contributed by atoms with E-state index in [2.05, 4.69) is 13.8 Å². The fourth-order valence-electron chi connectivity index (χ4n) is 2.21. The van der Waals surface area contributed by atoms with Crippen LogP contribution in [0.3, 0.4) is 0 Å². The molecule has 76 valence electrons. The molecule has 0 aliphatic heterocycles. The highest BCUT2D eigenvalue weighted by Gasteiger charge is 2.29. The zero-order chi connectivity index (χ0) is 10.0. The fourth-order valence-corrected chi connectivity index (χ4v) is 2.21. The average molecular weight is 183 g/mol. The summed E-state index contributed by atoms with van der Waals surface area (Å²) in [4.78, 5) is 13.0. The molecule has 1 aliphatic carbocycles. The molecule has 0 aromatic rings. The summed E-state index contributed by atoms with van der Waals surface area (Å²) >= 11 is 0. The number of hydrogen-bond acceptors (Lipinski definition) is 1. The van der Waals surface area contributed by atoms with Crippen LogP contribution in [0.1, 0.15) is 40.0 Å². The first-order valence-electron chi connectivity index (χ1n) is 5.25. The molecular weight excluding hydrogens is 162 g/mol. The number of hydrogen-bond donors (Lipinski definition) is 0. The molecular formula is C11H21NO. The van der Waals surface area contributed by atoms with Gasteiger partial charge in [0.05, 0.1) is 0 Å². The summed E-state index contributed by atoms with van der Waals surface area (Å²) in [7, 11) is 1.93. The van der Waals surface area contributed by atoms with Gasteiger partial charge in [-0.2, -0.15) is 0 Å². The molecule has 0 spiro atoms. The molecule has 1 amide bonds. The van der Waals surface area contributed by atoms with Crippen LogP contribution in [0.15, 0.2) is 0 Å². The normalized spacial score (nSPS) is 28.1. The van der Waals surface area contributed by atoms with Gasteiger partial charge in [-0.15, -0.1) is 0 Å². The molecule has 1 saturated carbocycles. The first kappa shape index (κ1) is 10.6. The van der Waals surface area contributed by atoms with Gasteiger partial charge in [-0.1, -0.05) is 13.8 Å². The molecule has 2 unspecified atom stereocenters. The van der Waals surface area contributed by atoms with Gasteiger partial charge < -0.3 is 4.90 Å². The van der Waals surface area contributed by atoms with Crippen molar-refractivity contribution in [3.8, 4) is 0 Å².